The van der Waals surface area contributed by atoms with Crippen molar-refractivity contribution in [3.8, 4) is 17.2 Å². The zero-order chi connectivity index (χ0) is 30.6. The fraction of sp³-hybridized carbons (Fsp3) is 0. The lowest BCUT2D eigenvalue weighted by molar-refractivity contribution is 1.01. The lowest BCUT2D eigenvalue weighted by Crippen LogP contribution is -2.03. The summed E-state index contributed by atoms with van der Waals surface area (Å²) in [7, 11) is 0. The highest BCUT2D eigenvalue weighted by atomic mass is 32.1. The van der Waals surface area contributed by atoms with Crippen molar-refractivity contribution in [1.29, 1.82) is 0 Å². The van der Waals surface area contributed by atoms with Crippen molar-refractivity contribution >= 4 is 106 Å². The lowest BCUT2D eigenvalue weighted by Gasteiger charge is -2.13. The molecule has 0 aliphatic heterocycles. The van der Waals surface area contributed by atoms with E-state index in [-0.39, 0.29) is 0 Å². The molecule has 0 aliphatic rings. The number of benzene rings is 7. The molecule has 7 aromatic carbocycles. The molecule has 0 N–H and O–H groups in total. The average Bonchev–Trinajstić information content (AvgIpc) is 3.80. The van der Waals surface area contributed by atoms with Gasteiger partial charge in [-0.05, 0) is 41.1 Å². The average molecular weight is 634 g/mol. The topological polar surface area (TPSA) is 30.7 Å². The molecule has 0 aliphatic carbocycles. The zero-order valence-electron chi connectivity index (χ0n) is 24.9. The summed E-state index contributed by atoms with van der Waals surface area (Å²) in [6, 6.07) is 50.1. The summed E-state index contributed by atoms with van der Waals surface area (Å²) in [5, 5.41) is 11.2. The third kappa shape index (κ3) is 3.50. The molecule has 0 amide bonds. The number of aromatic nitrogens is 3. The number of hydrogen-bond acceptors (Lipinski definition) is 4. The van der Waals surface area contributed by atoms with Gasteiger partial charge in [-0.15, -0.1) is 22.7 Å². The van der Waals surface area contributed by atoms with Crippen LogP contribution in [0.15, 0.2) is 140 Å². The summed E-state index contributed by atoms with van der Waals surface area (Å²) in [6.07, 6.45) is 0. The molecule has 0 spiro atoms. The van der Waals surface area contributed by atoms with Crippen LogP contribution in [0.2, 0.25) is 0 Å². The molecule has 4 aromatic heterocycles. The molecule has 0 radical (unpaired) electrons. The van der Waals surface area contributed by atoms with Gasteiger partial charge in [-0.25, -0.2) is 9.97 Å². The van der Waals surface area contributed by atoms with Gasteiger partial charge in [-0.1, -0.05) is 109 Å². The number of thiophene rings is 2. The number of hydrogen-bond donors (Lipinski definition) is 0. The van der Waals surface area contributed by atoms with Gasteiger partial charge in [-0.3, -0.25) is 4.57 Å². The molecule has 0 bridgehead atoms. The van der Waals surface area contributed by atoms with Crippen molar-refractivity contribution in [2.75, 3.05) is 0 Å². The zero-order valence-corrected chi connectivity index (χ0v) is 26.6. The first-order valence-electron chi connectivity index (χ1n) is 15.8. The van der Waals surface area contributed by atoms with E-state index < -0.39 is 0 Å². The van der Waals surface area contributed by atoms with E-state index >= 15 is 0 Å². The Morgan fingerprint density at radius 3 is 1.66 bits per heavy atom. The minimum absolute atomic E-state index is 0.688. The van der Waals surface area contributed by atoms with Crippen molar-refractivity contribution in [3.63, 3.8) is 0 Å². The van der Waals surface area contributed by atoms with Gasteiger partial charge < -0.3 is 0 Å². The van der Waals surface area contributed by atoms with Crippen LogP contribution in [0.4, 0.5) is 0 Å². The first-order valence-corrected chi connectivity index (χ1v) is 17.4. The van der Waals surface area contributed by atoms with E-state index in [1.807, 2.05) is 22.7 Å². The Hall–Kier alpha value is -5.62. The van der Waals surface area contributed by atoms with E-state index in [9.17, 15) is 0 Å². The largest absolute Gasteiger partial charge is 0.278 e. The molecule has 11 rings (SSSR count). The Bertz CT molecular complexity index is 2960. The van der Waals surface area contributed by atoms with Crippen molar-refractivity contribution in [3.05, 3.63) is 140 Å². The number of para-hydroxylation sites is 1. The van der Waals surface area contributed by atoms with Crippen molar-refractivity contribution in [2.24, 2.45) is 0 Å². The minimum atomic E-state index is 0.688. The Kier molecular flexibility index (Phi) is 5.14. The van der Waals surface area contributed by atoms with Crippen LogP contribution in [0.1, 0.15) is 0 Å². The fourth-order valence-electron chi connectivity index (χ4n) is 7.56. The first-order chi connectivity index (χ1) is 23.3. The maximum Gasteiger partial charge on any atom is 0.235 e. The SMILES string of the molecule is c1ccc2c(-c3nc(-n4c5ccc6c7ccccc7sc6c5c5c6sc7ccccc7c6ccc54)nc4ccccc34)cccc2c1. The highest BCUT2D eigenvalue weighted by Gasteiger charge is 2.23. The van der Waals surface area contributed by atoms with E-state index in [0.29, 0.717) is 5.95 Å². The van der Waals surface area contributed by atoms with Gasteiger partial charge in [0.05, 0.1) is 22.2 Å². The maximum absolute atomic E-state index is 5.47. The molecule has 3 nitrogen and oxygen atoms in total. The van der Waals surface area contributed by atoms with Crippen LogP contribution in [0.3, 0.4) is 0 Å². The van der Waals surface area contributed by atoms with E-state index in [4.69, 9.17) is 9.97 Å². The fourth-order valence-corrected chi connectivity index (χ4v) is 10.1. The molecular formula is C42H23N3S2. The summed E-state index contributed by atoms with van der Waals surface area (Å²) >= 11 is 3.77. The standard InChI is InChI=1S/C42H23N3S2/c1-2-12-25-24(10-1)11-9-16-28(25)39-31-15-3-6-17-32(31)43-42(44-39)45-33-22-20-29-26-13-4-7-18-35(26)46-40(29)37(33)38-34(45)23-21-30-27-14-5-8-19-36(27)47-41(30)38/h1-23H. The van der Waals surface area contributed by atoms with Crippen molar-refractivity contribution in [1.82, 2.24) is 14.5 Å². The summed E-state index contributed by atoms with van der Waals surface area (Å²) in [5.74, 6) is 0.688. The molecular weight excluding hydrogens is 611 g/mol. The third-order valence-electron chi connectivity index (χ3n) is 9.62. The number of rotatable bonds is 2. The number of nitrogens with zero attached hydrogens (tertiary/aromatic N) is 3. The van der Waals surface area contributed by atoms with Crippen LogP contribution >= 0.6 is 22.7 Å². The van der Waals surface area contributed by atoms with Gasteiger partial charge in [0.15, 0.2) is 0 Å². The second kappa shape index (κ2) is 9.46. The van der Waals surface area contributed by atoms with Crippen LogP contribution in [0, 0.1) is 0 Å². The second-order valence-electron chi connectivity index (χ2n) is 12.1. The molecule has 4 heterocycles. The summed E-state index contributed by atoms with van der Waals surface area (Å²) in [4.78, 5) is 10.8. The van der Waals surface area contributed by atoms with Gasteiger partial charge in [-0.2, -0.15) is 0 Å². The molecule has 0 atom stereocenters. The molecule has 0 saturated heterocycles. The van der Waals surface area contributed by atoms with Gasteiger partial charge in [0.2, 0.25) is 5.95 Å². The van der Waals surface area contributed by atoms with E-state index in [0.717, 1.165) is 33.2 Å². The van der Waals surface area contributed by atoms with Gasteiger partial charge >= 0.3 is 0 Å². The Labute approximate surface area is 276 Å². The van der Waals surface area contributed by atoms with Crippen LogP contribution < -0.4 is 0 Å². The monoisotopic (exact) mass is 633 g/mol. The van der Waals surface area contributed by atoms with Gasteiger partial charge in [0.1, 0.15) is 0 Å². The van der Waals surface area contributed by atoms with Crippen LogP contribution in [0.25, 0.3) is 101 Å². The molecule has 0 unspecified atom stereocenters. The Balaban J connectivity index is 1.33. The van der Waals surface area contributed by atoms with Crippen LogP contribution in [-0.4, -0.2) is 14.5 Å². The predicted molar refractivity (Wildman–Crippen MR) is 203 cm³/mol. The summed E-state index contributed by atoms with van der Waals surface area (Å²) in [5.41, 5.74) is 5.25. The van der Waals surface area contributed by atoms with E-state index in [1.54, 1.807) is 0 Å². The van der Waals surface area contributed by atoms with E-state index in [1.165, 1.54) is 61.9 Å². The highest BCUT2D eigenvalue weighted by Crippen LogP contribution is 2.48. The minimum Gasteiger partial charge on any atom is -0.278 e. The van der Waals surface area contributed by atoms with Crippen molar-refractivity contribution in [2.45, 2.75) is 0 Å². The molecule has 11 aromatic rings. The summed E-state index contributed by atoms with van der Waals surface area (Å²) in [6.45, 7) is 0. The first kappa shape index (κ1) is 25.6. The number of fused-ring (bicyclic) bond motifs is 13. The van der Waals surface area contributed by atoms with Crippen LogP contribution in [-0.2, 0) is 0 Å². The lowest BCUT2D eigenvalue weighted by atomic mass is 9.99. The van der Waals surface area contributed by atoms with Gasteiger partial charge in [0, 0.05) is 62.1 Å². The third-order valence-corrected chi connectivity index (χ3v) is 12.0. The smallest absolute Gasteiger partial charge is 0.235 e. The van der Waals surface area contributed by atoms with Gasteiger partial charge in [0.25, 0.3) is 0 Å². The Morgan fingerprint density at radius 1 is 0.426 bits per heavy atom. The molecule has 5 heteroatoms. The van der Waals surface area contributed by atoms with Crippen molar-refractivity contribution < 1.29 is 0 Å². The second-order valence-corrected chi connectivity index (χ2v) is 14.2. The van der Waals surface area contributed by atoms with Crippen LogP contribution in [0.5, 0.6) is 0 Å². The highest BCUT2D eigenvalue weighted by molar-refractivity contribution is 7.28. The Morgan fingerprint density at radius 2 is 0.979 bits per heavy atom. The molecule has 0 saturated carbocycles. The maximum atomic E-state index is 5.47. The van der Waals surface area contributed by atoms with E-state index in [2.05, 4.69) is 144 Å². The quantitative estimate of drug-likeness (QED) is 0.190. The molecule has 218 valence electrons. The predicted octanol–water partition coefficient (Wildman–Crippen LogP) is 12.3. The molecule has 47 heavy (non-hydrogen) atoms. The molecule has 0 fully saturated rings. The normalized spacial score (nSPS) is 12.3. The summed E-state index contributed by atoms with van der Waals surface area (Å²) < 4.78 is 7.54.